The number of nitrogens with zero attached hydrogens (tertiary/aromatic N) is 1. The van der Waals surface area contributed by atoms with Gasteiger partial charge in [-0.25, -0.2) is 4.39 Å². The van der Waals surface area contributed by atoms with Gasteiger partial charge in [0, 0.05) is 12.0 Å². The van der Waals surface area contributed by atoms with Crippen molar-refractivity contribution in [1.82, 2.24) is 4.90 Å². The van der Waals surface area contributed by atoms with Crippen LogP contribution in [0.2, 0.25) is 0 Å². The molecule has 2 heterocycles. The van der Waals surface area contributed by atoms with Crippen LogP contribution in [0.3, 0.4) is 0 Å². The molecule has 2 bridgehead atoms. The first-order valence-electron chi connectivity index (χ1n) is 12.6. The van der Waals surface area contributed by atoms with Crippen LogP contribution in [-0.2, 0) is 11.3 Å². The molecule has 1 aromatic carbocycles. The van der Waals surface area contributed by atoms with Crippen molar-refractivity contribution in [2.45, 2.75) is 87.2 Å². The highest BCUT2D eigenvalue weighted by molar-refractivity contribution is 5.74. The largest absolute Gasteiger partial charge is 0.392 e. The fraction of sp³-hybridized carbons (Fsp3) is 0.643. The first-order chi connectivity index (χ1) is 16.1. The van der Waals surface area contributed by atoms with Crippen molar-refractivity contribution in [2.75, 3.05) is 14.1 Å². The first-order valence-corrected chi connectivity index (χ1v) is 12.6. The van der Waals surface area contributed by atoms with Crippen molar-refractivity contribution >= 4 is 5.57 Å². The molecule has 2 saturated carbocycles. The zero-order chi connectivity index (χ0) is 24.1. The standard InChI is InChI=1S/C28H36FNO4/c1-25-10-12-27(29)14-20-23(32)24(33)21(30(2)3)15-26(20)11-13-28(27,34-26)22(25)9-8-19(25)18-6-4-17(16-31)5-7-18/h4-8,14,21-24,31-33H,9-13,15-16H2,1-3H3. The Morgan fingerprint density at radius 2 is 1.82 bits per heavy atom. The monoisotopic (exact) mass is 469 g/mol. The van der Waals surface area contributed by atoms with Gasteiger partial charge in [-0.2, -0.15) is 0 Å². The fourth-order valence-corrected chi connectivity index (χ4v) is 8.22. The number of aliphatic hydroxyl groups excluding tert-OH is 3. The molecule has 0 radical (unpaired) electrons. The van der Waals surface area contributed by atoms with Crippen LogP contribution in [0.5, 0.6) is 0 Å². The molecule has 8 unspecified atom stereocenters. The molecule has 34 heavy (non-hydrogen) atoms. The number of benzene rings is 1. The van der Waals surface area contributed by atoms with Crippen LogP contribution >= 0.6 is 0 Å². The number of alkyl halides is 1. The SMILES string of the molecule is CN(C)C1CC23CCC4(O2)C2CC=C(c5ccc(CO)cc5)C2(C)CCC4(F)C=C3C(O)C1O. The third kappa shape index (κ3) is 2.72. The summed E-state index contributed by atoms with van der Waals surface area (Å²) in [5, 5.41) is 31.3. The quantitative estimate of drug-likeness (QED) is 0.592. The highest BCUT2D eigenvalue weighted by atomic mass is 19.1. The lowest BCUT2D eigenvalue weighted by atomic mass is 9.53. The zero-order valence-electron chi connectivity index (χ0n) is 20.3. The Hall–Kier alpha value is -1.57. The van der Waals surface area contributed by atoms with Crippen molar-refractivity contribution in [1.29, 1.82) is 0 Å². The second-order valence-corrected chi connectivity index (χ2v) is 11.8. The molecule has 3 fully saturated rings. The Labute approximate surface area is 200 Å². The van der Waals surface area contributed by atoms with Gasteiger partial charge in [0.15, 0.2) is 5.67 Å². The molecule has 0 amide bonds. The Kier molecular flexibility index (Phi) is 4.86. The number of halogens is 1. The summed E-state index contributed by atoms with van der Waals surface area (Å²) in [6, 6.07) is 7.81. The lowest BCUT2D eigenvalue weighted by Gasteiger charge is -2.60. The van der Waals surface area contributed by atoms with Gasteiger partial charge in [-0.05, 0) is 86.4 Å². The minimum Gasteiger partial charge on any atom is -0.392 e. The predicted molar refractivity (Wildman–Crippen MR) is 128 cm³/mol. The first kappa shape index (κ1) is 22.9. The Balaban J connectivity index is 1.40. The lowest BCUT2D eigenvalue weighted by molar-refractivity contribution is -0.239. The van der Waals surface area contributed by atoms with Crippen LogP contribution < -0.4 is 0 Å². The van der Waals surface area contributed by atoms with Gasteiger partial charge >= 0.3 is 0 Å². The van der Waals surface area contributed by atoms with Gasteiger partial charge in [-0.15, -0.1) is 0 Å². The molecule has 184 valence electrons. The summed E-state index contributed by atoms with van der Waals surface area (Å²) in [7, 11) is 3.82. The number of hydrogen-bond acceptors (Lipinski definition) is 5. The van der Waals surface area contributed by atoms with Crippen LogP contribution in [0.4, 0.5) is 4.39 Å². The van der Waals surface area contributed by atoms with Crippen molar-refractivity contribution in [3.63, 3.8) is 0 Å². The molecule has 0 aromatic heterocycles. The van der Waals surface area contributed by atoms with Crippen molar-refractivity contribution in [2.24, 2.45) is 11.3 Å². The number of allylic oxidation sites excluding steroid dienone is 2. The van der Waals surface area contributed by atoms with Gasteiger partial charge in [0.2, 0.25) is 0 Å². The fourth-order valence-electron chi connectivity index (χ4n) is 8.22. The van der Waals surface area contributed by atoms with Crippen LogP contribution in [0.1, 0.15) is 56.6 Å². The summed E-state index contributed by atoms with van der Waals surface area (Å²) in [6.07, 6.45) is 5.54. The van der Waals surface area contributed by atoms with E-state index in [1.165, 1.54) is 5.57 Å². The van der Waals surface area contributed by atoms with E-state index in [1.807, 2.05) is 31.1 Å². The van der Waals surface area contributed by atoms with E-state index in [9.17, 15) is 15.3 Å². The number of aliphatic hydroxyl groups is 3. The van der Waals surface area contributed by atoms with Gasteiger partial charge in [0.25, 0.3) is 0 Å². The van der Waals surface area contributed by atoms with Gasteiger partial charge in [0.1, 0.15) is 11.7 Å². The number of ether oxygens (including phenoxy) is 1. The molecule has 5 nitrogen and oxygen atoms in total. The van der Waals surface area contributed by atoms with Gasteiger partial charge in [-0.1, -0.05) is 37.3 Å². The molecule has 2 aliphatic heterocycles. The molecule has 1 aromatic rings. The van der Waals surface area contributed by atoms with E-state index in [-0.39, 0.29) is 24.0 Å². The van der Waals surface area contributed by atoms with Gasteiger partial charge < -0.3 is 25.0 Å². The Bertz CT molecular complexity index is 1070. The molecule has 6 heteroatoms. The summed E-state index contributed by atoms with van der Waals surface area (Å²) in [5.41, 5.74) is 0.329. The molecule has 5 aliphatic rings. The molecular weight excluding hydrogens is 433 g/mol. The maximum Gasteiger partial charge on any atom is 0.158 e. The summed E-state index contributed by atoms with van der Waals surface area (Å²) in [5.74, 6) is 0.00485. The van der Waals surface area contributed by atoms with E-state index < -0.39 is 29.1 Å². The van der Waals surface area contributed by atoms with Crippen LogP contribution in [0, 0.1) is 11.3 Å². The van der Waals surface area contributed by atoms with Crippen LogP contribution in [-0.4, -0.2) is 69.4 Å². The topological polar surface area (TPSA) is 73.2 Å². The van der Waals surface area contributed by atoms with E-state index in [4.69, 9.17) is 4.74 Å². The molecule has 6 rings (SSSR count). The average molecular weight is 470 g/mol. The summed E-state index contributed by atoms with van der Waals surface area (Å²) < 4.78 is 24.0. The number of fused-ring (bicyclic) bond motifs is 1. The van der Waals surface area contributed by atoms with E-state index in [0.717, 1.165) is 17.5 Å². The van der Waals surface area contributed by atoms with Crippen molar-refractivity contribution in [3.8, 4) is 0 Å². The van der Waals surface area contributed by atoms with Crippen LogP contribution in [0.15, 0.2) is 42.0 Å². The maximum atomic E-state index is 17.0. The van der Waals surface area contributed by atoms with Gasteiger partial charge in [0.05, 0.1) is 18.3 Å². The number of hydrogen-bond donors (Lipinski definition) is 3. The lowest BCUT2D eigenvalue weighted by Crippen LogP contribution is -2.68. The summed E-state index contributed by atoms with van der Waals surface area (Å²) >= 11 is 0. The van der Waals surface area contributed by atoms with Gasteiger partial charge in [-0.3, -0.25) is 0 Å². The average Bonchev–Trinajstić information content (AvgIpc) is 3.35. The van der Waals surface area contributed by atoms with Crippen molar-refractivity contribution < 1.29 is 24.4 Å². The zero-order valence-corrected chi connectivity index (χ0v) is 20.3. The molecule has 1 saturated heterocycles. The number of rotatable bonds is 3. The van der Waals surface area contributed by atoms with E-state index >= 15 is 4.39 Å². The van der Waals surface area contributed by atoms with Crippen LogP contribution in [0.25, 0.3) is 5.57 Å². The van der Waals surface area contributed by atoms with E-state index in [0.29, 0.717) is 37.7 Å². The maximum absolute atomic E-state index is 17.0. The minimum atomic E-state index is -1.65. The minimum absolute atomic E-state index is 0.00485. The Morgan fingerprint density at radius 3 is 2.50 bits per heavy atom. The third-order valence-electron chi connectivity index (χ3n) is 10.1. The molecule has 8 atom stereocenters. The predicted octanol–water partition coefficient (Wildman–Crippen LogP) is 3.37. The normalized spacial score (nSPS) is 47.1. The highest BCUT2D eigenvalue weighted by Crippen LogP contribution is 2.71. The van der Waals surface area contributed by atoms with E-state index in [2.05, 4.69) is 25.1 Å². The Morgan fingerprint density at radius 1 is 1.09 bits per heavy atom. The summed E-state index contributed by atoms with van der Waals surface area (Å²) in [6.45, 7) is 2.28. The molecule has 3 N–H and O–H groups in total. The smallest absolute Gasteiger partial charge is 0.158 e. The second kappa shape index (κ2) is 7.23. The molecular formula is C28H36FNO4. The molecule has 2 spiro atoms. The van der Waals surface area contributed by atoms with E-state index in [1.54, 1.807) is 6.08 Å². The van der Waals surface area contributed by atoms with Crippen molar-refractivity contribution in [3.05, 3.63) is 53.1 Å². The molecule has 3 aliphatic carbocycles. The summed E-state index contributed by atoms with van der Waals surface area (Å²) in [4.78, 5) is 1.95. The number of likely N-dealkylation sites (N-methyl/N-ethyl adjacent to an activating group) is 1. The second-order valence-electron chi connectivity index (χ2n) is 11.8. The third-order valence-corrected chi connectivity index (χ3v) is 10.1. The highest BCUT2D eigenvalue weighted by Gasteiger charge is 2.74.